The Balaban J connectivity index is 2.15. The molecule has 0 aromatic heterocycles. The van der Waals surface area contributed by atoms with Gasteiger partial charge in [0, 0.05) is 6.42 Å². The summed E-state index contributed by atoms with van der Waals surface area (Å²) in [5, 5.41) is 0. The molecular weight excluding hydrogens is 280 g/mol. The number of carbonyl (C=O) groups excluding carboxylic acids is 2. The Morgan fingerprint density at radius 1 is 1.27 bits per heavy atom. The van der Waals surface area contributed by atoms with Crippen LogP contribution < -0.4 is 0 Å². The molecule has 0 N–H and O–H groups in total. The molecule has 2 aliphatic rings. The van der Waals surface area contributed by atoms with Gasteiger partial charge in [0.1, 0.15) is 5.57 Å². The second-order valence-electron chi connectivity index (χ2n) is 5.94. The third-order valence-corrected chi connectivity index (χ3v) is 4.46. The summed E-state index contributed by atoms with van der Waals surface area (Å²) in [5.41, 5.74) is 1.44. The SMILES string of the molecule is CCC(=O)OC1=C(c2ccccc2C)C(=O)OC12CCCC2. The second kappa shape index (κ2) is 5.59. The van der Waals surface area contributed by atoms with Crippen molar-refractivity contribution < 1.29 is 19.1 Å². The lowest BCUT2D eigenvalue weighted by atomic mass is 9.93. The Kier molecular flexibility index (Phi) is 3.77. The molecule has 3 rings (SSSR count). The average Bonchev–Trinajstić information content (AvgIpc) is 3.06. The van der Waals surface area contributed by atoms with Crippen LogP contribution in [0, 0.1) is 6.92 Å². The highest BCUT2D eigenvalue weighted by Crippen LogP contribution is 2.48. The van der Waals surface area contributed by atoms with Crippen molar-refractivity contribution in [2.24, 2.45) is 0 Å². The first-order valence-electron chi connectivity index (χ1n) is 7.82. The maximum absolute atomic E-state index is 12.5. The Hall–Kier alpha value is -2.10. The molecule has 1 aromatic rings. The molecular formula is C18H20O4. The van der Waals surface area contributed by atoms with Gasteiger partial charge in [-0.3, -0.25) is 4.79 Å². The van der Waals surface area contributed by atoms with Gasteiger partial charge in [0.2, 0.25) is 0 Å². The first-order chi connectivity index (χ1) is 10.6. The third kappa shape index (κ3) is 2.32. The van der Waals surface area contributed by atoms with Crippen molar-refractivity contribution in [3.63, 3.8) is 0 Å². The highest BCUT2D eigenvalue weighted by atomic mass is 16.6. The largest absolute Gasteiger partial charge is 0.447 e. The summed E-state index contributed by atoms with van der Waals surface area (Å²) in [7, 11) is 0. The normalized spacial score (nSPS) is 19.6. The van der Waals surface area contributed by atoms with Crippen molar-refractivity contribution in [2.75, 3.05) is 0 Å². The lowest BCUT2D eigenvalue weighted by Gasteiger charge is -2.24. The predicted molar refractivity (Wildman–Crippen MR) is 81.8 cm³/mol. The van der Waals surface area contributed by atoms with Gasteiger partial charge in [-0.2, -0.15) is 0 Å². The summed E-state index contributed by atoms with van der Waals surface area (Å²) >= 11 is 0. The second-order valence-corrected chi connectivity index (χ2v) is 5.94. The van der Waals surface area contributed by atoms with E-state index in [0.29, 0.717) is 11.3 Å². The zero-order valence-corrected chi connectivity index (χ0v) is 13.0. The van der Waals surface area contributed by atoms with E-state index in [-0.39, 0.29) is 18.4 Å². The van der Waals surface area contributed by atoms with E-state index in [1.807, 2.05) is 31.2 Å². The van der Waals surface area contributed by atoms with Gasteiger partial charge >= 0.3 is 11.9 Å². The first kappa shape index (κ1) is 14.8. The molecule has 22 heavy (non-hydrogen) atoms. The number of hydrogen-bond donors (Lipinski definition) is 0. The zero-order valence-electron chi connectivity index (χ0n) is 13.0. The highest BCUT2D eigenvalue weighted by Gasteiger charge is 2.52. The van der Waals surface area contributed by atoms with Crippen molar-refractivity contribution in [3.05, 3.63) is 41.2 Å². The van der Waals surface area contributed by atoms with Gasteiger partial charge in [-0.05, 0) is 43.7 Å². The molecule has 1 aliphatic carbocycles. The van der Waals surface area contributed by atoms with E-state index in [1.165, 1.54) is 0 Å². The quantitative estimate of drug-likeness (QED) is 0.801. The van der Waals surface area contributed by atoms with Gasteiger partial charge in [0.15, 0.2) is 11.4 Å². The van der Waals surface area contributed by atoms with Gasteiger partial charge in [0.25, 0.3) is 0 Å². The maximum Gasteiger partial charge on any atom is 0.343 e. The van der Waals surface area contributed by atoms with E-state index in [2.05, 4.69) is 0 Å². The molecule has 1 spiro atoms. The van der Waals surface area contributed by atoms with Gasteiger partial charge in [0.05, 0.1) is 0 Å². The van der Waals surface area contributed by atoms with E-state index in [4.69, 9.17) is 9.47 Å². The number of carbonyl (C=O) groups is 2. The fourth-order valence-electron chi connectivity index (χ4n) is 3.29. The number of aryl methyl sites for hydroxylation is 1. The molecule has 0 unspecified atom stereocenters. The van der Waals surface area contributed by atoms with Crippen molar-refractivity contribution in [1.29, 1.82) is 0 Å². The standard InChI is InChI=1S/C18H20O4/c1-3-14(19)21-16-15(13-9-5-4-8-12(13)2)17(20)22-18(16)10-6-7-11-18/h4-5,8-9H,3,6-7,10-11H2,1-2H3. The molecule has 1 heterocycles. The van der Waals surface area contributed by atoms with Crippen molar-refractivity contribution in [1.82, 2.24) is 0 Å². The Morgan fingerprint density at radius 3 is 2.59 bits per heavy atom. The van der Waals surface area contributed by atoms with Crippen LogP contribution in [-0.4, -0.2) is 17.5 Å². The van der Waals surface area contributed by atoms with Crippen LogP contribution in [0.4, 0.5) is 0 Å². The molecule has 0 amide bonds. The van der Waals surface area contributed by atoms with Gasteiger partial charge in [-0.15, -0.1) is 0 Å². The Morgan fingerprint density at radius 2 is 1.95 bits per heavy atom. The van der Waals surface area contributed by atoms with Crippen LogP contribution in [0.5, 0.6) is 0 Å². The predicted octanol–water partition coefficient (Wildman–Crippen LogP) is 3.53. The maximum atomic E-state index is 12.5. The summed E-state index contributed by atoms with van der Waals surface area (Å²) in [6, 6.07) is 7.61. The van der Waals surface area contributed by atoms with Crippen LogP contribution >= 0.6 is 0 Å². The molecule has 1 saturated carbocycles. The third-order valence-electron chi connectivity index (χ3n) is 4.46. The van der Waals surface area contributed by atoms with Gasteiger partial charge in [-0.1, -0.05) is 31.2 Å². The van der Waals surface area contributed by atoms with E-state index < -0.39 is 5.60 Å². The topological polar surface area (TPSA) is 52.6 Å². The smallest absolute Gasteiger partial charge is 0.343 e. The van der Waals surface area contributed by atoms with E-state index in [9.17, 15) is 9.59 Å². The number of benzene rings is 1. The molecule has 1 fully saturated rings. The molecule has 1 aromatic carbocycles. The van der Waals surface area contributed by atoms with Gasteiger partial charge < -0.3 is 9.47 Å². The summed E-state index contributed by atoms with van der Waals surface area (Å²) in [6.07, 6.45) is 3.67. The van der Waals surface area contributed by atoms with Crippen molar-refractivity contribution in [2.45, 2.75) is 51.6 Å². The summed E-state index contributed by atoms with van der Waals surface area (Å²) in [4.78, 5) is 24.4. The lowest BCUT2D eigenvalue weighted by molar-refractivity contribution is -0.152. The zero-order chi connectivity index (χ0) is 15.7. The molecule has 4 nitrogen and oxygen atoms in total. The summed E-state index contributed by atoms with van der Waals surface area (Å²) in [5.74, 6) is -0.281. The minimum Gasteiger partial charge on any atom is -0.447 e. The molecule has 116 valence electrons. The molecule has 0 atom stereocenters. The molecule has 4 heteroatoms. The highest BCUT2D eigenvalue weighted by molar-refractivity contribution is 6.20. The number of rotatable bonds is 3. The van der Waals surface area contributed by atoms with Crippen molar-refractivity contribution in [3.8, 4) is 0 Å². The van der Waals surface area contributed by atoms with Crippen LogP contribution in [-0.2, 0) is 19.1 Å². The minimum absolute atomic E-state index is 0.273. The van der Waals surface area contributed by atoms with Crippen LogP contribution in [0.25, 0.3) is 5.57 Å². The lowest BCUT2D eigenvalue weighted by Crippen LogP contribution is -2.30. The summed E-state index contributed by atoms with van der Waals surface area (Å²) in [6.45, 7) is 3.68. The van der Waals surface area contributed by atoms with E-state index in [1.54, 1.807) is 6.92 Å². The van der Waals surface area contributed by atoms with Gasteiger partial charge in [-0.25, -0.2) is 4.79 Å². The Bertz CT molecular complexity index is 651. The molecule has 0 saturated heterocycles. The Labute approximate surface area is 130 Å². The van der Waals surface area contributed by atoms with E-state index in [0.717, 1.165) is 36.8 Å². The fraction of sp³-hybridized carbons (Fsp3) is 0.444. The monoisotopic (exact) mass is 300 g/mol. The van der Waals surface area contributed by atoms with Crippen LogP contribution in [0.3, 0.4) is 0 Å². The summed E-state index contributed by atoms with van der Waals surface area (Å²) < 4.78 is 11.3. The fourth-order valence-corrected chi connectivity index (χ4v) is 3.29. The minimum atomic E-state index is -0.737. The number of hydrogen-bond acceptors (Lipinski definition) is 4. The van der Waals surface area contributed by atoms with Crippen molar-refractivity contribution >= 4 is 17.5 Å². The van der Waals surface area contributed by atoms with Crippen LogP contribution in [0.15, 0.2) is 30.0 Å². The molecule has 1 aliphatic heterocycles. The van der Waals surface area contributed by atoms with Crippen LogP contribution in [0.2, 0.25) is 0 Å². The molecule has 0 bridgehead atoms. The molecule has 0 radical (unpaired) electrons. The first-order valence-corrected chi connectivity index (χ1v) is 7.82. The average molecular weight is 300 g/mol. The van der Waals surface area contributed by atoms with E-state index >= 15 is 0 Å². The number of esters is 2. The number of ether oxygens (including phenoxy) is 2. The van der Waals surface area contributed by atoms with Crippen LogP contribution in [0.1, 0.15) is 50.2 Å².